The van der Waals surface area contributed by atoms with Crippen molar-refractivity contribution in [3.8, 4) is 5.75 Å². The predicted octanol–water partition coefficient (Wildman–Crippen LogP) is 0.798. The van der Waals surface area contributed by atoms with Crippen molar-refractivity contribution in [1.82, 2.24) is 15.0 Å². The smallest absolute Gasteiger partial charge is 0.142 e. The molecule has 0 aliphatic carbocycles. The summed E-state index contributed by atoms with van der Waals surface area (Å²) < 4.78 is 0. The van der Waals surface area contributed by atoms with Gasteiger partial charge in [-0.25, -0.2) is 4.98 Å². The Labute approximate surface area is 105 Å². The molecule has 0 aromatic carbocycles. The van der Waals surface area contributed by atoms with Gasteiger partial charge in [-0.2, -0.15) is 0 Å². The number of H-pyrrole nitrogens is 1. The number of aromatic hydroxyl groups is 1. The number of aliphatic hydroxyl groups excluding tert-OH is 2. The van der Waals surface area contributed by atoms with E-state index in [1.54, 1.807) is 19.3 Å². The lowest BCUT2D eigenvalue weighted by Crippen LogP contribution is -1.98. The van der Waals surface area contributed by atoms with E-state index < -0.39 is 0 Å². The van der Waals surface area contributed by atoms with Gasteiger partial charge in [0.05, 0.1) is 18.9 Å². The van der Waals surface area contributed by atoms with E-state index in [1.165, 1.54) is 6.20 Å². The van der Waals surface area contributed by atoms with Crippen LogP contribution >= 0.6 is 0 Å². The number of aromatic nitrogens is 3. The average molecular weight is 251 g/mol. The number of hydrogen-bond donors (Lipinski definition) is 4. The molecule has 0 saturated carbocycles. The van der Waals surface area contributed by atoms with Crippen molar-refractivity contribution in [3.05, 3.63) is 41.2 Å². The summed E-state index contributed by atoms with van der Waals surface area (Å²) in [6, 6.07) is 0. The lowest BCUT2D eigenvalue weighted by atomic mass is 10.1. The molecule has 0 amide bonds. The highest BCUT2D eigenvalue weighted by Gasteiger charge is 2.09. The van der Waals surface area contributed by atoms with E-state index in [4.69, 9.17) is 10.2 Å². The van der Waals surface area contributed by atoms with Crippen molar-refractivity contribution in [3.63, 3.8) is 0 Å². The number of aryl methyl sites for hydroxylation is 2. The molecule has 18 heavy (non-hydrogen) atoms. The van der Waals surface area contributed by atoms with Crippen molar-refractivity contribution in [2.24, 2.45) is 0 Å². The second-order valence-corrected chi connectivity index (χ2v) is 3.69. The molecular formula is C12H17N3O3. The van der Waals surface area contributed by atoms with Crippen molar-refractivity contribution >= 4 is 0 Å². The molecule has 0 bridgehead atoms. The van der Waals surface area contributed by atoms with Crippen molar-refractivity contribution in [2.75, 3.05) is 0 Å². The van der Waals surface area contributed by atoms with Crippen LogP contribution < -0.4 is 0 Å². The van der Waals surface area contributed by atoms with Crippen LogP contribution in [0.5, 0.6) is 5.75 Å². The first-order chi connectivity index (χ1) is 8.60. The first-order valence-corrected chi connectivity index (χ1v) is 5.44. The molecule has 0 spiro atoms. The minimum Gasteiger partial charge on any atom is -0.506 e. The van der Waals surface area contributed by atoms with Crippen molar-refractivity contribution in [1.29, 1.82) is 0 Å². The fraction of sp³-hybridized carbons (Fsp3) is 0.333. The van der Waals surface area contributed by atoms with Gasteiger partial charge in [0.25, 0.3) is 0 Å². The van der Waals surface area contributed by atoms with Gasteiger partial charge in [-0.15, -0.1) is 0 Å². The van der Waals surface area contributed by atoms with E-state index >= 15 is 0 Å². The number of pyridine rings is 1. The number of aliphatic hydroxyl groups is 2. The summed E-state index contributed by atoms with van der Waals surface area (Å²) in [5.41, 5.74) is 1.27. The van der Waals surface area contributed by atoms with E-state index in [0.717, 1.165) is 5.82 Å². The molecule has 6 heteroatoms. The normalized spacial score (nSPS) is 9.78. The average Bonchev–Trinajstić information content (AvgIpc) is 2.84. The highest BCUT2D eigenvalue weighted by Crippen LogP contribution is 2.23. The lowest BCUT2D eigenvalue weighted by Gasteiger charge is -2.07. The second kappa shape index (κ2) is 6.73. The van der Waals surface area contributed by atoms with E-state index in [-0.39, 0.29) is 19.0 Å². The van der Waals surface area contributed by atoms with Gasteiger partial charge in [0.2, 0.25) is 0 Å². The van der Waals surface area contributed by atoms with Gasteiger partial charge in [0.1, 0.15) is 11.6 Å². The molecule has 0 aliphatic rings. The van der Waals surface area contributed by atoms with Gasteiger partial charge >= 0.3 is 0 Å². The Hall–Kier alpha value is -1.92. The zero-order chi connectivity index (χ0) is 13.5. The third kappa shape index (κ3) is 3.54. The van der Waals surface area contributed by atoms with E-state index in [0.29, 0.717) is 16.8 Å². The summed E-state index contributed by atoms with van der Waals surface area (Å²) >= 11 is 0. The number of rotatable bonds is 2. The van der Waals surface area contributed by atoms with Crippen LogP contribution in [0, 0.1) is 13.8 Å². The van der Waals surface area contributed by atoms with E-state index in [9.17, 15) is 5.11 Å². The quantitative estimate of drug-likeness (QED) is 0.632. The van der Waals surface area contributed by atoms with Crippen molar-refractivity contribution in [2.45, 2.75) is 27.1 Å². The highest BCUT2D eigenvalue weighted by atomic mass is 16.3. The lowest BCUT2D eigenvalue weighted by molar-refractivity contribution is 0.254. The Bertz CT molecular complexity index is 484. The molecule has 6 nitrogen and oxygen atoms in total. The Morgan fingerprint density at radius 2 is 1.89 bits per heavy atom. The Morgan fingerprint density at radius 1 is 1.17 bits per heavy atom. The van der Waals surface area contributed by atoms with Crippen LogP contribution in [0.2, 0.25) is 0 Å². The minimum absolute atomic E-state index is 0.0379. The maximum absolute atomic E-state index is 9.38. The largest absolute Gasteiger partial charge is 0.506 e. The number of nitrogens with one attached hydrogen (secondary N) is 1. The van der Waals surface area contributed by atoms with Crippen molar-refractivity contribution < 1.29 is 15.3 Å². The van der Waals surface area contributed by atoms with Crippen LogP contribution in [-0.4, -0.2) is 30.3 Å². The number of imidazole rings is 1. The molecule has 98 valence electrons. The maximum Gasteiger partial charge on any atom is 0.142 e. The SMILES string of the molecule is Cc1ncc(CO)c(CO)c1O.Cc1ncc[nH]1. The molecule has 2 aromatic heterocycles. The van der Waals surface area contributed by atoms with Gasteiger partial charge < -0.3 is 20.3 Å². The first kappa shape index (κ1) is 14.1. The van der Waals surface area contributed by atoms with Crippen LogP contribution in [0.4, 0.5) is 0 Å². The molecule has 2 rings (SSSR count). The summed E-state index contributed by atoms with van der Waals surface area (Å²) in [6.07, 6.45) is 4.98. The minimum atomic E-state index is -0.287. The zero-order valence-electron chi connectivity index (χ0n) is 10.4. The standard InChI is InChI=1S/C8H11NO3.C4H6N2/c1-5-8(12)7(4-11)6(3-10)2-9-5;1-4-5-2-3-6-4/h2,10-12H,3-4H2,1H3;2-3H,1H3,(H,5,6). The maximum atomic E-state index is 9.38. The molecule has 2 aromatic rings. The summed E-state index contributed by atoms with van der Waals surface area (Å²) in [7, 11) is 0. The number of hydrogen-bond acceptors (Lipinski definition) is 5. The molecule has 0 saturated heterocycles. The van der Waals surface area contributed by atoms with Gasteiger partial charge in [0.15, 0.2) is 0 Å². The topological polar surface area (TPSA) is 102 Å². The third-order valence-corrected chi connectivity index (χ3v) is 2.39. The summed E-state index contributed by atoms with van der Waals surface area (Å²) in [5.74, 6) is 0.930. The Kier molecular flexibility index (Phi) is 5.29. The molecule has 2 heterocycles. The molecule has 0 aliphatic heterocycles. The predicted molar refractivity (Wildman–Crippen MR) is 65.8 cm³/mol. The fourth-order valence-corrected chi connectivity index (χ4v) is 1.34. The monoisotopic (exact) mass is 251 g/mol. The Balaban J connectivity index is 0.000000225. The summed E-state index contributed by atoms with van der Waals surface area (Å²) in [5, 5.41) is 27.0. The van der Waals surface area contributed by atoms with Gasteiger partial charge in [-0.3, -0.25) is 4.98 Å². The number of aromatic amines is 1. The van der Waals surface area contributed by atoms with Gasteiger partial charge in [-0.05, 0) is 13.8 Å². The summed E-state index contributed by atoms with van der Waals surface area (Å²) in [4.78, 5) is 10.6. The van der Waals surface area contributed by atoms with Crippen LogP contribution in [0.3, 0.4) is 0 Å². The second-order valence-electron chi connectivity index (χ2n) is 3.69. The fourth-order valence-electron chi connectivity index (χ4n) is 1.34. The van der Waals surface area contributed by atoms with E-state index in [2.05, 4.69) is 15.0 Å². The first-order valence-electron chi connectivity index (χ1n) is 5.44. The van der Waals surface area contributed by atoms with Gasteiger partial charge in [-0.1, -0.05) is 0 Å². The molecule has 0 radical (unpaired) electrons. The zero-order valence-corrected chi connectivity index (χ0v) is 10.4. The number of nitrogens with zero attached hydrogens (tertiary/aromatic N) is 2. The van der Waals surface area contributed by atoms with Crippen LogP contribution in [0.1, 0.15) is 22.6 Å². The third-order valence-electron chi connectivity index (χ3n) is 2.39. The Morgan fingerprint density at radius 3 is 2.28 bits per heavy atom. The molecule has 4 N–H and O–H groups in total. The molecule has 0 atom stereocenters. The molecule has 0 unspecified atom stereocenters. The van der Waals surface area contributed by atoms with Crippen LogP contribution in [0.15, 0.2) is 18.6 Å². The van der Waals surface area contributed by atoms with Gasteiger partial charge in [0, 0.05) is 29.7 Å². The van der Waals surface area contributed by atoms with Crippen LogP contribution in [0.25, 0.3) is 0 Å². The summed E-state index contributed by atoms with van der Waals surface area (Å²) in [6.45, 7) is 3.04. The van der Waals surface area contributed by atoms with E-state index in [1.807, 2.05) is 6.92 Å². The molecule has 0 fully saturated rings. The highest BCUT2D eigenvalue weighted by molar-refractivity contribution is 5.39. The van der Waals surface area contributed by atoms with Crippen LogP contribution in [-0.2, 0) is 13.2 Å². The molecular weight excluding hydrogens is 234 g/mol.